The van der Waals surface area contributed by atoms with Crippen LogP contribution in [0.5, 0.6) is 0 Å². The van der Waals surface area contributed by atoms with Gasteiger partial charge in [0.1, 0.15) is 11.4 Å². The minimum atomic E-state index is -1.55. The van der Waals surface area contributed by atoms with E-state index in [0.29, 0.717) is 12.1 Å². The van der Waals surface area contributed by atoms with Crippen molar-refractivity contribution in [2.24, 2.45) is 5.92 Å². The van der Waals surface area contributed by atoms with Gasteiger partial charge in [0.05, 0.1) is 10.8 Å². The first-order chi connectivity index (χ1) is 9.82. The molecular weight excluding hydrogens is 290 g/mol. The molecule has 1 unspecified atom stereocenters. The highest BCUT2D eigenvalue weighted by atomic mass is 19.1. The first kappa shape index (κ1) is 14.8. The Balaban J connectivity index is 2.34. The number of hydrogen-bond donors (Lipinski definition) is 1. The summed E-state index contributed by atoms with van der Waals surface area (Å²) in [6.45, 7) is -0.160. The molecule has 0 saturated carbocycles. The molecule has 1 N–H and O–H groups in total. The highest BCUT2D eigenvalue weighted by Crippen LogP contribution is 2.26. The van der Waals surface area contributed by atoms with Crippen LogP contribution in [0.15, 0.2) is 12.1 Å². The molecule has 112 valence electrons. The molecule has 0 spiro atoms. The number of likely N-dealkylation sites (tertiary alicyclic amines) is 1. The number of benzene rings is 1. The number of aliphatic carboxylic acids is 1. The molecule has 1 atom stereocenters. The maximum atomic E-state index is 13.9. The number of nitrogens with zero attached hydrogens (tertiary/aromatic N) is 2. The topological polar surface area (TPSA) is 101 Å². The molecule has 0 radical (unpaired) electrons. The molecule has 1 aromatic rings. The molecule has 1 aliphatic heterocycles. The average Bonchev–Trinajstić information content (AvgIpc) is 2.87. The summed E-state index contributed by atoms with van der Waals surface area (Å²) in [6.07, 6.45) is 0.166. The summed E-state index contributed by atoms with van der Waals surface area (Å²) in [6, 6.07) is 1.27. The molecule has 1 fully saturated rings. The summed E-state index contributed by atoms with van der Waals surface area (Å²) in [5, 5.41) is 19.4. The first-order valence-corrected chi connectivity index (χ1v) is 5.97. The van der Waals surface area contributed by atoms with Crippen LogP contribution in [0, 0.1) is 27.7 Å². The van der Waals surface area contributed by atoms with E-state index in [1.807, 2.05) is 0 Å². The van der Waals surface area contributed by atoms with Gasteiger partial charge in [0.15, 0.2) is 0 Å². The highest BCUT2D eigenvalue weighted by Gasteiger charge is 2.35. The summed E-state index contributed by atoms with van der Waals surface area (Å²) >= 11 is 0. The third-order valence-electron chi connectivity index (χ3n) is 3.31. The van der Waals surface area contributed by atoms with Gasteiger partial charge in [-0.1, -0.05) is 0 Å². The van der Waals surface area contributed by atoms with E-state index in [9.17, 15) is 28.5 Å². The quantitative estimate of drug-likeness (QED) is 0.672. The molecule has 0 aliphatic carbocycles. The van der Waals surface area contributed by atoms with Crippen molar-refractivity contribution in [1.29, 1.82) is 0 Å². The number of carboxylic acid groups (broad SMARTS) is 1. The van der Waals surface area contributed by atoms with Crippen LogP contribution in [0.1, 0.15) is 16.8 Å². The van der Waals surface area contributed by atoms with E-state index in [4.69, 9.17) is 5.11 Å². The van der Waals surface area contributed by atoms with Crippen LogP contribution in [0.25, 0.3) is 0 Å². The van der Waals surface area contributed by atoms with Crippen molar-refractivity contribution < 1.29 is 28.4 Å². The SMILES string of the molecule is O=C(O)C1CCN(C(=O)c2c(F)ccc([N+](=O)[O-])c2F)C1. The second-order valence-corrected chi connectivity index (χ2v) is 4.59. The maximum absolute atomic E-state index is 13.9. The number of carboxylic acids is 1. The van der Waals surface area contributed by atoms with E-state index >= 15 is 0 Å². The Morgan fingerprint density at radius 1 is 1.38 bits per heavy atom. The lowest BCUT2D eigenvalue weighted by Gasteiger charge is -2.16. The Bertz CT molecular complexity index is 634. The third-order valence-corrected chi connectivity index (χ3v) is 3.31. The fourth-order valence-electron chi connectivity index (χ4n) is 2.18. The molecule has 7 nitrogen and oxygen atoms in total. The van der Waals surface area contributed by atoms with Crippen molar-refractivity contribution >= 4 is 17.6 Å². The molecular formula is C12H10F2N2O5. The number of amides is 1. The van der Waals surface area contributed by atoms with E-state index in [0.717, 1.165) is 4.90 Å². The Hall–Kier alpha value is -2.58. The number of carbonyl (C=O) groups excluding carboxylic acids is 1. The smallest absolute Gasteiger partial charge is 0.308 e. The first-order valence-electron chi connectivity index (χ1n) is 5.97. The van der Waals surface area contributed by atoms with Gasteiger partial charge in [-0.05, 0) is 12.5 Å². The Labute approximate surface area is 116 Å². The van der Waals surface area contributed by atoms with Gasteiger partial charge in [0, 0.05) is 19.2 Å². The molecule has 1 heterocycles. The van der Waals surface area contributed by atoms with Crippen molar-refractivity contribution in [3.8, 4) is 0 Å². The molecule has 0 bridgehead atoms. The van der Waals surface area contributed by atoms with Crippen LogP contribution in [-0.2, 0) is 4.79 Å². The minimum Gasteiger partial charge on any atom is -0.481 e. The van der Waals surface area contributed by atoms with Crippen molar-refractivity contribution in [2.45, 2.75) is 6.42 Å². The Kier molecular flexibility index (Phi) is 3.83. The number of nitro benzene ring substituents is 1. The Morgan fingerprint density at radius 3 is 2.57 bits per heavy atom. The molecule has 1 aromatic carbocycles. The number of carbonyl (C=O) groups is 2. The fraction of sp³-hybridized carbons (Fsp3) is 0.333. The lowest BCUT2D eigenvalue weighted by Crippen LogP contribution is -2.31. The number of halogens is 2. The van der Waals surface area contributed by atoms with Crippen LogP contribution < -0.4 is 0 Å². The highest BCUT2D eigenvalue weighted by molar-refractivity contribution is 5.96. The monoisotopic (exact) mass is 300 g/mol. The molecule has 9 heteroatoms. The van der Waals surface area contributed by atoms with Gasteiger partial charge in [-0.2, -0.15) is 4.39 Å². The summed E-state index contributed by atoms with van der Waals surface area (Å²) in [4.78, 5) is 33.4. The van der Waals surface area contributed by atoms with E-state index in [-0.39, 0.29) is 19.5 Å². The number of rotatable bonds is 3. The molecule has 21 heavy (non-hydrogen) atoms. The second kappa shape index (κ2) is 5.43. The Morgan fingerprint density at radius 2 is 2.05 bits per heavy atom. The van der Waals surface area contributed by atoms with Gasteiger partial charge < -0.3 is 10.0 Å². The summed E-state index contributed by atoms with van der Waals surface area (Å²) in [5.41, 5.74) is -2.04. The van der Waals surface area contributed by atoms with E-state index in [2.05, 4.69) is 0 Å². The minimum absolute atomic E-state index is 0.0252. The predicted octanol–water partition coefficient (Wildman–Crippen LogP) is 1.42. The van der Waals surface area contributed by atoms with Crippen molar-refractivity contribution in [1.82, 2.24) is 4.90 Å². The van der Waals surface area contributed by atoms with E-state index in [1.165, 1.54) is 0 Å². The molecule has 1 aliphatic rings. The zero-order valence-electron chi connectivity index (χ0n) is 10.6. The number of nitro groups is 1. The summed E-state index contributed by atoms with van der Waals surface area (Å²) in [5.74, 6) is -5.77. The van der Waals surface area contributed by atoms with Gasteiger partial charge in [-0.3, -0.25) is 19.7 Å². The van der Waals surface area contributed by atoms with Crippen LogP contribution in [0.4, 0.5) is 14.5 Å². The van der Waals surface area contributed by atoms with Crippen molar-refractivity contribution in [3.63, 3.8) is 0 Å². The molecule has 0 aromatic heterocycles. The van der Waals surface area contributed by atoms with Crippen LogP contribution in [-0.4, -0.2) is 39.9 Å². The zero-order chi connectivity index (χ0) is 15.7. The maximum Gasteiger partial charge on any atom is 0.308 e. The van der Waals surface area contributed by atoms with Gasteiger partial charge in [-0.25, -0.2) is 4.39 Å². The lowest BCUT2D eigenvalue weighted by molar-refractivity contribution is -0.387. The van der Waals surface area contributed by atoms with Crippen LogP contribution in [0.3, 0.4) is 0 Å². The molecule has 2 rings (SSSR count). The zero-order valence-corrected chi connectivity index (χ0v) is 10.6. The van der Waals surface area contributed by atoms with Gasteiger partial charge in [0.2, 0.25) is 5.82 Å². The molecule has 1 amide bonds. The standard InChI is InChI=1S/C12H10F2N2O5/c13-7-1-2-8(16(20)21)10(14)9(7)11(17)15-4-3-6(5-15)12(18)19/h1-2,6H,3-5H2,(H,18,19). The normalized spacial score (nSPS) is 17.8. The van der Waals surface area contributed by atoms with Crippen molar-refractivity contribution in [2.75, 3.05) is 13.1 Å². The second-order valence-electron chi connectivity index (χ2n) is 4.59. The average molecular weight is 300 g/mol. The fourth-order valence-corrected chi connectivity index (χ4v) is 2.18. The third kappa shape index (κ3) is 2.67. The predicted molar refractivity (Wildman–Crippen MR) is 64.7 cm³/mol. The summed E-state index contributed by atoms with van der Waals surface area (Å²) in [7, 11) is 0. The van der Waals surface area contributed by atoms with E-state index in [1.54, 1.807) is 0 Å². The van der Waals surface area contributed by atoms with Gasteiger partial charge >= 0.3 is 11.7 Å². The largest absolute Gasteiger partial charge is 0.481 e. The van der Waals surface area contributed by atoms with Gasteiger partial charge in [-0.15, -0.1) is 0 Å². The van der Waals surface area contributed by atoms with Crippen LogP contribution in [0.2, 0.25) is 0 Å². The summed E-state index contributed by atoms with van der Waals surface area (Å²) < 4.78 is 27.5. The lowest BCUT2D eigenvalue weighted by atomic mass is 10.1. The van der Waals surface area contributed by atoms with Crippen molar-refractivity contribution in [3.05, 3.63) is 39.4 Å². The molecule has 1 saturated heterocycles. The van der Waals surface area contributed by atoms with Crippen LogP contribution >= 0.6 is 0 Å². The van der Waals surface area contributed by atoms with E-state index < -0.39 is 45.6 Å². The number of hydrogen-bond acceptors (Lipinski definition) is 4. The van der Waals surface area contributed by atoms with Gasteiger partial charge in [0.25, 0.3) is 5.91 Å².